The summed E-state index contributed by atoms with van der Waals surface area (Å²) in [6, 6.07) is 5.99. The summed E-state index contributed by atoms with van der Waals surface area (Å²) in [5, 5.41) is 3.47. The number of nitrogens with zero attached hydrogens (tertiary/aromatic N) is 2. The second kappa shape index (κ2) is 7.69. The molecule has 21 heavy (non-hydrogen) atoms. The van der Waals surface area contributed by atoms with Crippen LogP contribution in [0.2, 0.25) is 0 Å². The standard InChI is InChI=1S/C16H23N3O2/c1-13(11-19-7-6-17-12-19)9-18-10-14-4-5-15(20-2)16(8-14)21-3/h4-8,12-13,18H,9-11H2,1-3H3. The maximum atomic E-state index is 5.31. The molecule has 0 amide bonds. The van der Waals surface area contributed by atoms with Crippen molar-refractivity contribution in [1.29, 1.82) is 0 Å². The van der Waals surface area contributed by atoms with Gasteiger partial charge in [0, 0.05) is 25.5 Å². The van der Waals surface area contributed by atoms with E-state index in [1.807, 2.05) is 30.9 Å². The predicted molar refractivity (Wildman–Crippen MR) is 82.6 cm³/mol. The molecule has 1 heterocycles. The third-order valence-corrected chi connectivity index (χ3v) is 3.35. The van der Waals surface area contributed by atoms with Crippen LogP contribution in [-0.4, -0.2) is 30.3 Å². The van der Waals surface area contributed by atoms with Gasteiger partial charge in [-0.1, -0.05) is 13.0 Å². The average Bonchev–Trinajstić information content (AvgIpc) is 2.99. The number of hydrogen-bond acceptors (Lipinski definition) is 4. The summed E-state index contributed by atoms with van der Waals surface area (Å²) >= 11 is 0. The van der Waals surface area contributed by atoms with Gasteiger partial charge < -0.3 is 19.4 Å². The molecule has 5 nitrogen and oxygen atoms in total. The van der Waals surface area contributed by atoms with E-state index < -0.39 is 0 Å². The van der Waals surface area contributed by atoms with Crippen LogP contribution in [0.4, 0.5) is 0 Å². The highest BCUT2D eigenvalue weighted by Gasteiger charge is 2.06. The van der Waals surface area contributed by atoms with Crippen molar-refractivity contribution >= 4 is 0 Å². The summed E-state index contributed by atoms with van der Waals surface area (Å²) < 4.78 is 12.6. The fourth-order valence-electron chi connectivity index (χ4n) is 2.27. The van der Waals surface area contributed by atoms with Gasteiger partial charge in [0.2, 0.25) is 0 Å². The molecule has 2 aromatic rings. The number of imidazole rings is 1. The van der Waals surface area contributed by atoms with Crippen LogP contribution >= 0.6 is 0 Å². The van der Waals surface area contributed by atoms with Crippen molar-refractivity contribution in [3.05, 3.63) is 42.5 Å². The lowest BCUT2D eigenvalue weighted by atomic mass is 10.1. The van der Waals surface area contributed by atoms with Crippen molar-refractivity contribution in [3.8, 4) is 11.5 Å². The zero-order valence-electron chi connectivity index (χ0n) is 12.9. The number of hydrogen-bond donors (Lipinski definition) is 1. The minimum Gasteiger partial charge on any atom is -0.493 e. The first-order chi connectivity index (χ1) is 10.2. The second-order valence-corrected chi connectivity index (χ2v) is 5.18. The van der Waals surface area contributed by atoms with Gasteiger partial charge in [0.05, 0.1) is 20.5 Å². The van der Waals surface area contributed by atoms with Gasteiger partial charge in [0.25, 0.3) is 0 Å². The molecule has 1 aromatic heterocycles. The minimum absolute atomic E-state index is 0.541. The van der Waals surface area contributed by atoms with Crippen molar-refractivity contribution in [1.82, 2.24) is 14.9 Å². The number of ether oxygens (including phenoxy) is 2. The Morgan fingerprint density at radius 1 is 1.24 bits per heavy atom. The second-order valence-electron chi connectivity index (χ2n) is 5.18. The van der Waals surface area contributed by atoms with Gasteiger partial charge in [-0.3, -0.25) is 0 Å². The Morgan fingerprint density at radius 2 is 2.05 bits per heavy atom. The fourth-order valence-corrected chi connectivity index (χ4v) is 2.27. The average molecular weight is 289 g/mol. The molecule has 0 saturated carbocycles. The summed E-state index contributed by atoms with van der Waals surface area (Å²) in [7, 11) is 3.30. The van der Waals surface area contributed by atoms with Gasteiger partial charge in [-0.25, -0.2) is 4.98 Å². The van der Waals surface area contributed by atoms with Crippen molar-refractivity contribution < 1.29 is 9.47 Å². The summed E-state index contributed by atoms with van der Waals surface area (Å²) in [4.78, 5) is 4.06. The first-order valence-electron chi connectivity index (χ1n) is 7.10. The maximum Gasteiger partial charge on any atom is 0.161 e. The van der Waals surface area contributed by atoms with E-state index in [1.165, 1.54) is 5.56 Å². The van der Waals surface area contributed by atoms with Gasteiger partial charge >= 0.3 is 0 Å². The normalized spacial score (nSPS) is 12.1. The first-order valence-corrected chi connectivity index (χ1v) is 7.10. The number of benzene rings is 1. The van der Waals surface area contributed by atoms with E-state index in [1.54, 1.807) is 14.2 Å². The first kappa shape index (κ1) is 15.4. The fraction of sp³-hybridized carbons (Fsp3) is 0.438. The molecular weight excluding hydrogens is 266 g/mol. The molecule has 1 atom stereocenters. The van der Waals surface area contributed by atoms with Crippen molar-refractivity contribution in [2.75, 3.05) is 20.8 Å². The largest absolute Gasteiger partial charge is 0.493 e. The van der Waals surface area contributed by atoms with E-state index in [0.717, 1.165) is 31.1 Å². The van der Waals surface area contributed by atoms with Gasteiger partial charge in [-0.15, -0.1) is 0 Å². The molecule has 0 aliphatic rings. The number of nitrogens with one attached hydrogen (secondary N) is 1. The Bertz CT molecular complexity index is 540. The highest BCUT2D eigenvalue weighted by atomic mass is 16.5. The molecule has 1 aromatic carbocycles. The topological polar surface area (TPSA) is 48.3 Å². The molecule has 114 valence electrons. The SMILES string of the molecule is COc1ccc(CNCC(C)Cn2ccnc2)cc1OC. The van der Waals surface area contributed by atoms with Crippen molar-refractivity contribution in [3.63, 3.8) is 0 Å². The molecule has 5 heteroatoms. The van der Waals surface area contributed by atoms with Crippen LogP contribution in [0, 0.1) is 5.92 Å². The number of aromatic nitrogens is 2. The third kappa shape index (κ3) is 4.49. The van der Waals surface area contributed by atoms with Gasteiger partial charge in [-0.05, 0) is 30.2 Å². The van der Waals surface area contributed by atoms with E-state index in [4.69, 9.17) is 9.47 Å². The Balaban J connectivity index is 1.80. The van der Waals surface area contributed by atoms with Gasteiger partial charge in [0.15, 0.2) is 11.5 Å². The predicted octanol–water partition coefficient (Wildman–Crippen LogP) is 2.33. The molecule has 2 rings (SSSR count). The van der Waals surface area contributed by atoms with Crippen LogP contribution in [0.5, 0.6) is 11.5 Å². The Labute approximate surface area is 125 Å². The van der Waals surface area contributed by atoms with E-state index >= 15 is 0 Å². The summed E-state index contributed by atoms with van der Waals surface area (Å²) in [5.74, 6) is 2.07. The number of rotatable bonds is 8. The molecule has 0 radical (unpaired) electrons. The summed E-state index contributed by atoms with van der Waals surface area (Å²) in [6.07, 6.45) is 5.65. The molecule has 0 saturated heterocycles. The van der Waals surface area contributed by atoms with Crippen LogP contribution < -0.4 is 14.8 Å². The molecule has 0 spiro atoms. The highest BCUT2D eigenvalue weighted by Crippen LogP contribution is 2.27. The van der Waals surface area contributed by atoms with Gasteiger partial charge in [0.1, 0.15) is 0 Å². The smallest absolute Gasteiger partial charge is 0.161 e. The van der Waals surface area contributed by atoms with E-state index in [0.29, 0.717) is 5.92 Å². The van der Waals surface area contributed by atoms with Crippen LogP contribution in [0.25, 0.3) is 0 Å². The maximum absolute atomic E-state index is 5.31. The van der Waals surface area contributed by atoms with E-state index in [-0.39, 0.29) is 0 Å². The molecule has 0 aliphatic heterocycles. The molecule has 1 unspecified atom stereocenters. The molecular formula is C16H23N3O2. The summed E-state index contributed by atoms with van der Waals surface area (Å²) in [5.41, 5.74) is 1.18. The lowest BCUT2D eigenvalue weighted by Crippen LogP contribution is -2.23. The molecule has 0 bridgehead atoms. The Hall–Kier alpha value is -2.01. The summed E-state index contributed by atoms with van der Waals surface area (Å²) in [6.45, 7) is 4.96. The van der Waals surface area contributed by atoms with E-state index in [9.17, 15) is 0 Å². The number of methoxy groups -OCH3 is 2. The third-order valence-electron chi connectivity index (χ3n) is 3.35. The Kier molecular flexibility index (Phi) is 5.63. The van der Waals surface area contributed by atoms with Crippen molar-refractivity contribution in [2.24, 2.45) is 5.92 Å². The Morgan fingerprint density at radius 3 is 2.71 bits per heavy atom. The molecule has 0 fully saturated rings. The quantitative estimate of drug-likeness (QED) is 0.810. The van der Waals surface area contributed by atoms with Crippen LogP contribution in [0.3, 0.4) is 0 Å². The molecule has 1 N–H and O–H groups in total. The molecule has 0 aliphatic carbocycles. The van der Waals surface area contributed by atoms with Crippen LogP contribution in [0.1, 0.15) is 12.5 Å². The lowest BCUT2D eigenvalue weighted by molar-refractivity contribution is 0.354. The highest BCUT2D eigenvalue weighted by molar-refractivity contribution is 5.42. The zero-order valence-corrected chi connectivity index (χ0v) is 12.9. The lowest BCUT2D eigenvalue weighted by Gasteiger charge is -2.14. The van der Waals surface area contributed by atoms with Gasteiger partial charge in [-0.2, -0.15) is 0 Å². The zero-order chi connectivity index (χ0) is 15.1. The van der Waals surface area contributed by atoms with Crippen LogP contribution in [0.15, 0.2) is 36.9 Å². The van der Waals surface area contributed by atoms with E-state index in [2.05, 4.69) is 27.9 Å². The monoisotopic (exact) mass is 289 g/mol. The minimum atomic E-state index is 0.541. The van der Waals surface area contributed by atoms with Crippen molar-refractivity contribution in [2.45, 2.75) is 20.0 Å². The van der Waals surface area contributed by atoms with Crippen LogP contribution in [-0.2, 0) is 13.1 Å².